The lowest BCUT2D eigenvalue weighted by molar-refractivity contribution is 0.255. The van der Waals surface area contributed by atoms with Crippen molar-refractivity contribution in [2.45, 2.75) is 32.9 Å². The summed E-state index contributed by atoms with van der Waals surface area (Å²) in [7, 11) is -3.17. The van der Waals surface area contributed by atoms with E-state index in [4.69, 9.17) is 0 Å². The summed E-state index contributed by atoms with van der Waals surface area (Å²) in [5.74, 6) is 0.0251. The molecule has 2 aliphatic heterocycles. The summed E-state index contributed by atoms with van der Waals surface area (Å²) in [6.07, 6.45) is 0. The van der Waals surface area contributed by atoms with Gasteiger partial charge in [0, 0.05) is 11.4 Å². The third kappa shape index (κ3) is 2.69. The molecule has 2 aromatic carbocycles. The van der Waals surface area contributed by atoms with Crippen LogP contribution in [0.4, 0.5) is 16.2 Å². The average Bonchev–Trinajstić information content (AvgIpc) is 3.00. The molecule has 4 rings (SSSR count). The average molecular weight is 370 g/mol. The molecule has 5 nitrogen and oxygen atoms in total. The maximum atomic E-state index is 13.3. The molecule has 2 heterocycles. The minimum absolute atomic E-state index is 0.0125. The first-order chi connectivity index (χ1) is 12.3. The zero-order valence-corrected chi connectivity index (χ0v) is 16.0. The highest BCUT2D eigenvalue weighted by molar-refractivity contribution is 7.91. The van der Waals surface area contributed by atoms with E-state index in [-0.39, 0.29) is 29.6 Å². The molecule has 2 aromatic rings. The van der Waals surface area contributed by atoms with Gasteiger partial charge >= 0.3 is 6.03 Å². The van der Waals surface area contributed by atoms with Crippen LogP contribution in [0.5, 0.6) is 0 Å². The Labute approximate surface area is 154 Å². The molecule has 2 saturated heterocycles. The van der Waals surface area contributed by atoms with E-state index in [9.17, 15) is 13.2 Å². The van der Waals surface area contributed by atoms with E-state index in [1.165, 1.54) is 0 Å². The first kappa shape index (κ1) is 17.1. The van der Waals surface area contributed by atoms with Gasteiger partial charge in [-0.2, -0.15) is 0 Å². The first-order valence-electron chi connectivity index (χ1n) is 8.73. The zero-order chi connectivity index (χ0) is 18.6. The maximum Gasteiger partial charge on any atom is 0.329 e. The van der Waals surface area contributed by atoms with E-state index in [1.807, 2.05) is 63.2 Å². The van der Waals surface area contributed by atoms with Crippen molar-refractivity contribution in [2.24, 2.45) is 0 Å². The van der Waals surface area contributed by atoms with Crippen LogP contribution in [0.25, 0.3) is 0 Å². The molecule has 0 bridgehead atoms. The van der Waals surface area contributed by atoms with Crippen LogP contribution in [0, 0.1) is 20.8 Å². The van der Waals surface area contributed by atoms with Gasteiger partial charge in [0.1, 0.15) is 0 Å². The molecule has 0 radical (unpaired) electrons. The van der Waals surface area contributed by atoms with E-state index < -0.39 is 9.84 Å². The molecule has 26 heavy (non-hydrogen) atoms. The number of benzene rings is 2. The number of sulfone groups is 1. The molecule has 0 unspecified atom stereocenters. The second kappa shape index (κ2) is 5.84. The van der Waals surface area contributed by atoms with Crippen molar-refractivity contribution in [2.75, 3.05) is 21.3 Å². The number of carbonyl (C=O) groups is 1. The monoisotopic (exact) mass is 370 g/mol. The lowest BCUT2D eigenvalue weighted by atomic mass is 10.1. The highest BCUT2D eigenvalue weighted by Gasteiger charge is 2.54. The molecule has 0 N–H and O–H groups in total. The van der Waals surface area contributed by atoms with Gasteiger partial charge in [0.25, 0.3) is 0 Å². The smallest absolute Gasteiger partial charge is 0.288 e. The molecule has 0 aromatic heterocycles. The second-order valence-corrected chi connectivity index (χ2v) is 9.49. The van der Waals surface area contributed by atoms with Crippen LogP contribution in [0.1, 0.15) is 16.7 Å². The molecular weight excluding hydrogens is 348 g/mol. The Kier molecular flexibility index (Phi) is 3.84. The third-order valence-electron chi connectivity index (χ3n) is 5.45. The van der Waals surface area contributed by atoms with Crippen LogP contribution in [0.3, 0.4) is 0 Å². The van der Waals surface area contributed by atoms with Gasteiger partial charge in [0.05, 0.1) is 23.6 Å². The number of hydrogen-bond donors (Lipinski definition) is 0. The largest absolute Gasteiger partial charge is 0.329 e. The normalized spacial score (nSPS) is 24.2. The first-order valence-corrected chi connectivity index (χ1v) is 10.6. The lowest BCUT2D eigenvalue weighted by Crippen LogP contribution is -2.38. The van der Waals surface area contributed by atoms with E-state index >= 15 is 0 Å². The molecule has 0 aliphatic carbocycles. The lowest BCUT2D eigenvalue weighted by Gasteiger charge is -2.23. The summed E-state index contributed by atoms with van der Waals surface area (Å²) >= 11 is 0. The Morgan fingerprint density at radius 3 is 1.92 bits per heavy atom. The molecule has 2 fully saturated rings. The molecule has 2 amide bonds. The molecule has 0 spiro atoms. The van der Waals surface area contributed by atoms with Crippen LogP contribution in [-0.4, -0.2) is 38.0 Å². The van der Waals surface area contributed by atoms with Gasteiger partial charge in [-0.3, -0.25) is 9.80 Å². The number of aryl methyl sites for hydroxylation is 3. The molecule has 0 saturated carbocycles. The molecule has 6 heteroatoms. The molecule has 2 aliphatic rings. The van der Waals surface area contributed by atoms with Crippen LogP contribution in [-0.2, 0) is 9.84 Å². The topological polar surface area (TPSA) is 57.7 Å². The predicted octanol–water partition coefficient (Wildman–Crippen LogP) is 3.22. The Morgan fingerprint density at radius 1 is 0.808 bits per heavy atom. The van der Waals surface area contributed by atoms with Crippen molar-refractivity contribution in [3.63, 3.8) is 0 Å². The predicted molar refractivity (Wildman–Crippen MR) is 104 cm³/mol. The number of nitrogens with zero attached hydrogens (tertiary/aromatic N) is 2. The summed E-state index contributed by atoms with van der Waals surface area (Å²) in [4.78, 5) is 16.6. The fourth-order valence-electron chi connectivity index (χ4n) is 3.89. The van der Waals surface area contributed by atoms with Crippen LogP contribution in [0.2, 0.25) is 0 Å². The van der Waals surface area contributed by atoms with Gasteiger partial charge in [0.2, 0.25) is 0 Å². The zero-order valence-electron chi connectivity index (χ0n) is 15.1. The summed E-state index contributed by atoms with van der Waals surface area (Å²) in [5, 5.41) is 0. The fraction of sp³-hybridized carbons (Fsp3) is 0.350. The molecule has 2 atom stereocenters. The van der Waals surface area contributed by atoms with E-state index in [0.717, 1.165) is 28.1 Å². The van der Waals surface area contributed by atoms with Crippen molar-refractivity contribution in [3.05, 3.63) is 59.2 Å². The number of fused-ring (bicyclic) bond motifs is 1. The van der Waals surface area contributed by atoms with E-state index in [2.05, 4.69) is 0 Å². The standard InChI is InChI=1S/C20H22N2O3S/c1-13-4-7-16(8-5-13)21-18-11-26(24,25)12-19(18)22(20(21)23)17-9-6-14(2)15(3)10-17/h4-10,18-19H,11-12H2,1-3H3/t18-,19+/m0/s1. The van der Waals surface area contributed by atoms with Crippen molar-refractivity contribution in [1.82, 2.24) is 0 Å². The summed E-state index contributed by atoms with van der Waals surface area (Å²) in [6.45, 7) is 6.01. The van der Waals surface area contributed by atoms with Crippen LogP contribution >= 0.6 is 0 Å². The van der Waals surface area contributed by atoms with Crippen molar-refractivity contribution in [1.29, 1.82) is 0 Å². The van der Waals surface area contributed by atoms with Gasteiger partial charge in [-0.15, -0.1) is 0 Å². The highest BCUT2D eigenvalue weighted by atomic mass is 32.2. The summed E-state index contributed by atoms with van der Waals surface area (Å²) in [6, 6.07) is 12.7. The minimum Gasteiger partial charge on any atom is -0.288 e. The number of amides is 2. The molecule has 136 valence electrons. The highest BCUT2D eigenvalue weighted by Crippen LogP contribution is 2.38. The summed E-state index contributed by atoms with van der Waals surface area (Å²) in [5.41, 5.74) is 4.84. The second-order valence-electron chi connectivity index (χ2n) is 7.34. The van der Waals surface area contributed by atoms with Crippen molar-refractivity contribution in [3.8, 4) is 0 Å². The summed E-state index contributed by atoms with van der Waals surface area (Å²) < 4.78 is 24.6. The van der Waals surface area contributed by atoms with Crippen molar-refractivity contribution < 1.29 is 13.2 Å². The van der Waals surface area contributed by atoms with Gasteiger partial charge in [-0.25, -0.2) is 13.2 Å². The Bertz CT molecular complexity index is 983. The Hall–Kier alpha value is -2.34. The van der Waals surface area contributed by atoms with Gasteiger partial charge in [0.15, 0.2) is 9.84 Å². The van der Waals surface area contributed by atoms with Gasteiger partial charge in [-0.05, 0) is 56.2 Å². The van der Waals surface area contributed by atoms with E-state index in [1.54, 1.807) is 9.80 Å². The molecular formula is C20H22N2O3S. The number of rotatable bonds is 2. The Balaban J connectivity index is 1.81. The Morgan fingerprint density at radius 2 is 1.35 bits per heavy atom. The third-order valence-corrected chi connectivity index (χ3v) is 7.15. The van der Waals surface area contributed by atoms with Gasteiger partial charge < -0.3 is 0 Å². The van der Waals surface area contributed by atoms with Gasteiger partial charge in [-0.1, -0.05) is 23.8 Å². The number of urea groups is 1. The van der Waals surface area contributed by atoms with Crippen LogP contribution < -0.4 is 9.80 Å². The number of hydrogen-bond acceptors (Lipinski definition) is 3. The minimum atomic E-state index is -3.17. The number of carbonyl (C=O) groups excluding carboxylic acids is 1. The van der Waals surface area contributed by atoms with Crippen LogP contribution in [0.15, 0.2) is 42.5 Å². The SMILES string of the molecule is Cc1ccc(N2C(=O)N(c3ccc(C)c(C)c3)[C@@H]3CS(=O)(=O)C[C@@H]32)cc1. The van der Waals surface area contributed by atoms with Crippen molar-refractivity contribution >= 4 is 27.2 Å². The number of anilines is 2. The fourth-order valence-corrected chi connectivity index (χ4v) is 5.81. The van der Waals surface area contributed by atoms with E-state index in [0.29, 0.717) is 0 Å². The quantitative estimate of drug-likeness (QED) is 0.763. The maximum absolute atomic E-state index is 13.3.